The second kappa shape index (κ2) is 3.35. The van der Waals surface area contributed by atoms with Crippen LogP contribution in [0.25, 0.3) is 0 Å². The Balaban J connectivity index is 2.40. The highest BCUT2D eigenvalue weighted by molar-refractivity contribution is 4.74. The van der Waals surface area contributed by atoms with Crippen molar-refractivity contribution >= 4 is 0 Å². The number of nitrogens with two attached hydrogens (primary N) is 1. The van der Waals surface area contributed by atoms with Crippen LogP contribution in [0.4, 0.5) is 0 Å². The summed E-state index contributed by atoms with van der Waals surface area (Å²) in [5, 5.41) is 0. The molecule has 0 aromatic heterocycles. The van der Waals surface area contributed by atoms with Crippen LogP contribution in [0, 0.1) is 0 Å². The summed E-state index contributed by atoms with van der Waals surface area (Å²) in [6.45, 7) is 5.62. The number of nitrogens with zero attached hydrogens (tertiary/aromatic N) is 1. The van der Waals surface area contributed by atoms with Crippen LogP contribution in [0.3, 0.4) is 0 Å². The van der Waals surface area contributed by atoms with E-state index < -0.39 is 0 Å². The van der Waals surface area contributed by atoms with Crippen LogP contribution in [-0.2, 0) is 0 Å². The van der Waals surface area contributed by atoms with Crippen LogP contribution in [0.5, 0.6) is 0 Å². The van der Waals surface area contributed by atoms with E-state index in [1.807, 2.05) is 0 Å². The molecule has 0 bridgehead atoms. The molecule has 0 radical (unpaired) electrons. The van der Waals surface area contributed by atoms with Gasteiger partial charge in [0.05, 0.1) is 6.17 Å². The van der Waals surface area contributed by atoms with E-state index in [0.29, 0.717) is 12.2 Å². The molecule has 1 fully saturated rings. The van der Waals surface area contributed by atoms with Gasteiger partial charge in [0, 0.05) is 6.04 Å². The molecule has 0 aliphatic carbocycles. The van der Waals surface area contributed by atoms with E-state index in [9.17, 15) is 0 Å². The fourth-order valence-electron chi connectivity index (χ4n) is 1.62. The van der Waals surface area contributed by atoms with E-state index in [1.54, 1.807) is 0 Å². The van der Waals surface area contributed by atoms with Crippen molar-refractivity contribution in [3.05, 3.63) is 0 Å². The second-order valence-electron chi connectivity index (χ2n) is 3.39. The Morgan fingerprint density at radius 3 is 2.50 bits per heavy atom. The zero-order valence-electron chi connectivity index (χ0n) is 7.01. The minimum Gasteiger partial charge on any atom is -0.316 e. The summed E-state index contributed by atoms with van der Waals surface area (Å²) in [5.74, 6) is 0. The third-order valence-electron chi connectivity index (χ3n) is 2.26. The van der Waals surface area contributed by atoms with Gasteiger partial charge >= 0.3 is 0 Å². The van der Waals surface area contributed by atoms with Crippen molar-refractivity contribution in [2.45, 2.75) is 45.3 Å². The first-order valence-corrected chi connectivity index (χ1v) is 4.23. The monoisotopic (exact) mass is 142 g/mol. The minimum atomic E-state index is 0.328. The molecule has 1 rings (SSSR count). The number of piperidine rings is 1. The van der Waals surface area contributed by atoms with Gasteiger partial charge in [0.2, 0.25) is 0 Å². The largest absolute Gasteiger partial charge is 0.316 e. The third-order valence-corrected chi connectivity index (χ3v) is 2.26. The summed E-state index contributed by atoms with van der Waals surface area (Å²) < 4.78 is 0. The van der Waals surface area contributed by atoms with Gasteiger partial charge < -0.3 is 5.73 Å². The van der Waals surface area contributed by atoms with E-state index in [2.05, 4.69) is 18.7 Å². The van der Waals surface area contributed by atoms with Crippen LogP contribution in [-0.4, -0.2) is 23.7 Å². The topological polar surface area (TPSA) is 29.3 Å². The van der Waals surface area contributed by atoms with E-state index in [1.165, 1.54) is 25.8 Å². The molecule has 1 heterocycles. The summed E-state index contributed by atoms with van der Waals surface area (Å²) in [6.07, 6.45) is 4.14. The zero-order valence-corrected chi connectivity index (χ0v) is 7.01. The van der Waals surface area contributed by atoms with Crippen LogP contribution < -0.4 is 5.73 Å². The summed E-state index contributed by atoms with van der Waals surface area (Å²) >= 11 is 0. The average molecular weight is 142 g/mol. The summed E-state index contributed by atoms with van der Waals surface area (Å²) in [6, 6.07) is 0.621. The second-order valence-corrected chi connectivity index (χ2v) is 3.39. The molecule has 1 aliphatic rings. The van der Waals surface area contributed by atoms with Gasteiger partial charge in [-0.25, -0.2) is 0 Å². The van der Waals surface area contributed by atoms with Crippen molar-refractivity contribution in [2.75, 3.05) is 6.54 Å². The number of likely N-dealkylation sites (tertiary alicyclic amines) is 1. The fraction of sp³-hybridized carbons (Fsp3) is 1.00. The number of hydrogen-bond acceptors (Lipinski definition) is 2. The molecule has 0 aromatic rings. The lowest BCUT2D eigenvalue weighted by Crippen LogP contribution is -2.48. The molecule has 0 saturated carbocycles. The van der Waals surface area contributed by atoms with Gasteiger partial charge in [-0.05, 0) is 39.7 Å². The van der Waals surface area contributed by atoms with Crippen LogP contribution in [0.2, 0.25) is 0 Å². The van der Waals surface area contributed by atoms with Crippen LogP contribution in [0.15, 0.2) is 0 Å². The Hall–Kier alpha value is -0.0800. The summed E-state index contributed by atoms with van der Waals surface area (Å²) in [4.78, 5) is 2.38. The Morgan fingerprint density at radius 2 is 2.10 bits per heavy atom. The van der Waals surface area contributed by atoms with Gasteiger partial charge in [-0.15, -0.1) is 0 Å². The summed E-state index contributed by atoms with van der Waals surface area (Å²) in [7, 11) is 0. The Labute approximate surface area is 63.4 Å². The predicted octanol–water partition coefficient (Wildman–Crippen LogP) is 1.17. The molecule has 0 aromatic carbocycles. The SMILES string of the molecule is CC(C)N1CCCC[C@H]1N. The van der Waals surface area contributed by atoms with Crippen molar-refractivity contribution in [1.29, 1.82) is 0 Å². The third kappa shape index (κ3) is 1.70. The Morgan fingerprint density at radius 1 is 1.40 bits per heavy atom. The van der Waals surface area contributed by atoms with Crippen molar-refractivity contribution < 1.29 is 0 Å². The van der Waals surface area contributed by atoms with Gasteiger partial charge in [0.15, 0.2) is 0 Å². The first-order chi connectivity index (χ1) is 4.72. The van der Waals surface area contributed by atoms with E-state index >= 15 is 0 Å². The standard InChI is InChI=1S/C8H18N2/c1-7(2)10-6-4-3-5-8(10)9/h7-8H,3-6,9H2,1-2H3/t8-/m0/s1. The molecule has 1 aliphatic heterocycles. The molecule has 0 amide bonds. The lowest BCUT2D eigenvalue weighted by atomic mass is 10.1. The molecule has 60 valence electrons. The van der Waals surface area contributed by atoms with Gasteiger partial charge in [0.25, 0.3) is 0 Å². The molecule has 10 heavy (non-hydrogen) atoms. The first kappa shape index (κ1) is 8.02. The van der Waals surface area contributed by atoms with Crippen molar-refractivity contribution in [2.24, 2.45) is 5.73 Å². The molecule has 0 unspecified atom stereocenters. The maximum atomic E-state index is 5.91. The van der Waals surface area contributed by atoms with Crippen LogP contribution in [0.1, 0.15) is 33.1 Å². The minimum absolute atomic E-state index is 0.328. The lowest BCUT2D eigenvalue weighted by Gasteiger charge is -2.36. The maximum Gasteiger partial charge on any atom is 0.0574 e. The Kier molecular flexibility index (Phi) is 2.69. The molecular weight excluding hydrogens is 124 g/mol. The summed E-state index contributed by atoms with van der Waals surface area (Å²) in [5.41, 5.74) is 5.91. The molecule has 2 nitrogen and oxygen atoms in total. The molecule has 1 atom stereocenters. The molecule has 0 spiro atoms. The molecule has 2 heteroatoms. The average Bonchev–Trinajstić information content (AvgIpc) is 1.88. The smallest absolute Gasteiger partial charge is 0.0574 e. The van der Waals surface area contributed by atoms with E-state index in [4.69, 9.17) is 5.73 Å². The molecule has 2 N–H and O–H groups in total. The van der Waals surface area contributed by atoms with Gasteiger partial charge in [0.1, 0.15) is 0 Å². The zero-order chi connectivity index (χ0) is 7.56. The normalized spacial score (nSPS) is 29.4. The molecule has 1 saturated heterocycles. The van der Waals surface area contributed by atoms with Crippen molar-refractivity contribution in [3.63, 3.8) is 0 Å². The van der Waals surface area contributed by atoms with Gasteiger partial charge in [-0.1, -0.05) is 0 Å². The quantitative estimate of drug-likeness (QED) is 0.595. The Bertz CT molecular complexity index is 101. The van der Waals surface area contributed by atoms with E-state index in [0.717, 1.165) is 0 Å². The highest BCUT2D eigenvalue weighted by atomic mass is 15.2. The van der Waals surface area contributed by atoms with Crippen LogP contribution >= 0.6 is 0 Å². The number of rotatable bonds is 1. The molecular formula is C8H18N2. The van der Waals surface area contributed by atoms with Gasteiger partial charge in [-0.3, -0.25) is 4.90 Å². The highest BCUT2D eigenvalue weighted by Crippen LogP contribution is 2.15. The maximum absolute atomic E-state index is 5.91. The number of hydrogen-bond donors (Lipinski definition) is 1. The van der Waals surface area contributed by atoms with E-state index in [-0.39, 0.29) is 0 Å². The lowest BCUT2D eigenvalue weighted by molar-refractivity contribution is 0.116. The predicted molar refractivity (Wildman–Crippen MR) is 43.7 cm³/mol. The highest BCUT2D eigenvalue weighted by Gasteiger charge is 2.20. The first-order valence-electron chi connectivity index (χ1n) is 4.23. The fourth-order valence-corrected chi connectivity index (χ4v) is 1.62. The van der Waals surface area contributed by atoms with Gasteiger partial charge in [-0.2, -0.15) is 0 Å². The van der Waals surface area contributed by atoms with Crippen molar-refractivity contribution in [3.8, 4) is 0 Å². The van der Waals surface area contributed by atoms with Crippen molar-refractivity contribution in [1.82, 2.24) is 4.90 Å².